The van der Waals surface area contributed by atoms with Crippen molar-refractivity contribution in [2.45, 2.75) is 51.4 Å². The minimum Gasteiger partial charge on any atom is -0.486 e. The number of benzene rings is 1. The van der Waals surface area contributed by atoms with E-state index >= 15 is 0 Å². The van der Waals surface area contributed by atoms with Crippen LogP contribution in [0.1, 0.15) is 33.6 Å². The van der Waals surface area contributed by atoms with Gasteiger partial charge in [-0.3, -0.25) is 4.79 Å². The fourth-order valence-electron chi connectivity index (χ4n) is 2.27. The third-order valence-electron chi connectivity index (χ3n) is 3.22. The van der Waals surface area contributed by atoms with Crippen LogP contribution in [0, 0.1) is 0 Å². The van der Waals surface area contributed by atoms with Gasteiger partial charge in [0.2, 0.25) is 0 Å². The summed E-state index contributed by atoms with van der Waals surface area (Å²) >= 11 is 0. The van der Waals surface area contributed by atoms with E-state index in [2.05, 4.69) is 5.32 Å². The van der Waals surface area contributed by atoms with E-state index in [0.29, 0.717) is 24.4 Å². The summed E-state index contributed by atoms with van der Waals surface area (Å²) in [6.07, 6.45) is 1.09. The molecule has 0 spiro atoms. The maximum atomic E-state index is 12.3. The number of carbonyl (C=O) groups excluding carboxylic acids is 1. The van der Waals surface area contributed by atoms with Crippen molar-refractivity contribution in [3.63, 3.8) is 0 Å². The second-order valence-electron chi connectivity index (χ2n) is 6.26. The predicted molar refractivity (Wildman–Crippen MR) is 82.4 cm³/mol. The number of hydrogen-bond donors (Lipinski definition) is 2. The molecule has 0 bridgehead atoms. The van der Waals surface area contributed by atoms with Gasteiger partial charge >= 0.3 is 0 Å². The molecule has 0 radical (unpaired) electrons. The zero-order valence-corrected chi connectivity index (χ0v) is 12.9. The summed E-state index contributed by atoms with van der Waals surface area (Å²) in [5.74, 6) is 0.516. The number of para-hydroxylation sites is 2. The van der Waals surface area contributed by atoms with Crippen molar-refractivity contribution in [2.75, 3.05) is 11.9 Å². The predicted octanol–water partition coefficient (Wildman–Crippen LogP) is 2.31. The molecule has 1 aromatic carbocycles. The summed E-state index contributed by atoms with van der Waals surface area (Å²) in [5.41, 5.74) is 5.91. The molecule has 116 valence electrons. The van der Waals surface area contributed by atoms with Crippen LogP contribution in [0.3, 0.4) is 0 Å². The lowest BCUT2D eigenvalue weighted by Crippen LogP contribution is -2.30. The van der Waals surface area contributed by atoms with E-state index in [4.69, 9.17) is 15.2 Å². The second-order valence-corrected chi connectivity index (χ2v) is 6.26. The Morgan fingerprint density at radius 3 is 2.71 bits per heavy atom. The molecule has 0 unspecified atom stereocenters. The highest BCUT2D eigenvalue weighted by atomic mass is 16.5. The molecule has 0 aliphatic carbocycles. The van der Waals surface area contributed by atoms with Crippen molar-refractivity contribution in [2.24, 2.45) is 5.73 Å². The molecule has 2 rings (SSSR count). The lowest BCUT2D eigenvalue weighted by Gasteiger charge is -2.23. The Morgan fingerprint density at radius 2 is 2.10 bits per heavy atom. The molecular formula is C16H24N2O3. The molecule has 0 aromatic heterocycles. The summed E-state index contributed by atoms with van der Waals surface area (Å²) in [5, 5.41) is 2.89. The maximum Gasteiger partial charge on any atom is 0.253 e. The van der Waals surface area contributed by atoms with Gasteiger partial charge in [0.05, 0.1) is 11.8 Å². The SMILES string of the molecule is CC(C)(C)Oc1ccccc1NC(=O)[C@@H]1CC[C@H](CN)O1. The van der Waals surface area contributed by atoms with Crippen molar-refractivity contribution in [3.8, 4) is 5.75 Å². The van der Waals surface area contributed by atoms with Gasteiger partial charge in [0, 0.05) is 6.54 Å². The normalized spacial score (nSPS) is 22.1. The van der Waals surface area contributed by atoms with Gasteiger partial charge < -0.3 is 20.5 Å². The van der Waals surface area contributed by atoms with Gasteiger partial charge in [-0.2, -0.15) is 0 Å². The van der Waals surface area contributed by atoms with E-state index in [9.17, 15) is 4.79 Å². The fourth-order valence-corrected chi connectivity index (χ4v) is 2.27. The van der Waals surface area contributed by atoms with Gasteiger partial charge in [-0.05, 0) is 45.7 Å². The fraction of sp³-hybridized carbons (Fsp3) is 0.562. The summed E-state index contributed by atoms with van der Waals surface area (Å²) in [4.78, 5) is 12.3. The first-order chi connectivity index (χ1) is 9.89. The zero-order valence-electron chi connectivity index (χ0n) is 12.9. The van der Waals surface area contributed by atoms with Crippen LogP contribution in [-0.4, -0.2) is 30.3 Å². The molecule has 1 aromatic rings. The van der Waals surface area contributed by atoms with E-state index in [0.717, 1.165) is 6.42 Å². The Morgan fingerprint density at radius 1 is 1.38 bits per heavy atom. The van der Waals surface area contributed by atoms with Crippen LogP contribution in [0.2, 0.25) is 0 Å². The van der Waals surface area contributed by atoms with Crippen molar-refractivity contribution in [1.29, 1.82) is 0 Å². The Balaban J connectivity index is 2.04. The molecule has 1 saturated heterocycles. The van der Waals surface area contributed by atoms with E-state index in [-0.39, 0.29) is 17.6 Å². The molecule has 5 nitrogen and oxygen atoms in total. The minimum absolute atomic E-state index is 0.0122. The van der Waals surface area contributed by atoms with Crippen molar-refractivity contribution in [1.82, 2.24) is 0 Å². The average molecular weight is 292 g/mol. The second kappa shape index (κ2) is 6.45. The van der Waals surface area contributed by atoms with Gasteiger partial charge in [0.1, 0.15) is 17.5 Å². The molecular weight excluding hydrogens is 268 g/mol. The van der Waals surface area contributed by atoms with Gasteiger partial charge in [0.15, 0.2) is 0 Å². The number of nitrogens with one attached hydrogen (secondary N) is 1. The van der Waals surface area contributed by atoms with Crippen LogP contribution >= 0.6 is 0 Å². The highest BCUT2D eigenvalue weighted by molar-refractivity contribution is 5.95. The number of rotatable bonds is 4. The Bertz CT molecular complexity index is 497. The molecule has 21 heavy (non-hydrogen) atoms. The Labute approximate surface area is 125 Å². The molecule has 0 saturated carbocycles. The maximum absolute atomic E-state index is 12.3. The first-order valence-electron chi connectivity index (χ1n) is 7.33. The molecule has 1 amide bonds. The van der Waals surface area contributed by atoms with Gasteiger partial charge in [-0.15, -0.1) is 0 Å². The first-order valence-corrected chi connectivity index (χ1v) is 7.33. The topological polar surface area (TPSA) is 73.6 Å². The standard InChI is InChI=1S/C16H24N2O3/c1-16(2,3)21-13-7-5-4-6-12(13)18-15(19)14-9-8-11(10-17)20-14/h4-7,11,14H,8-10,17H2,1-3H3,(H,18,19)/t11-,14+/m1/s1. The van der Waals surface area contributed by atoms with E-state index in [1.807, 2.05) is 45.0 Å². The third-order valence-corrected chi connectivity index (χ3v) is 3.22. The quantitative estimate of drug-likeness (QED) is 0.893. The summed E-state index contributed by atoms with van der Waals surface area (Å²) in [7, 11) is 0. The average Bonchev–Trinajstić information content (AvgIpc) is 2.88. The largest absolute Gasteiger partial charge is 0.486 e. The monoisotopic (exact) mass is 292 g/mol. The van der Waals surface area contributed by atoms with Gasteiger partial charge in [-0.25, -0.2) is 0 Å². The third kappa shape index (κ3) is 4.44. The number of nitrogens with two attached hydrogens (primary N) is 1. The molecule has 1 fully saturated rings. The molecule has 1 heterocycles. The molecule has 5 heteroatoms. The number of anilines is 1. The first kappa shape index (κ1) is 15.8. The van der Waals surface area contributed by atoms with E-state index < -0.39 is 6.10 Å². The summed E-state index contributed by atoms with van der Waals surface area (Å²) in [6.45, 7) is 6.36. The van der Waals surface area contributed by atoms with Crippen LogP contribution in [0.5, 0.6) is 5.75 Å². The lowest BCUT2D eigenvalue weighted by atomic mass is 10.1. The van der Waals surface area contributed by atoms with Crippen molar-refractivity contribution in [3.05, 3.63) is 24.3 Å². The molecule has 1 aliphatic heterocycles. The lowest BCUT2D eigenvalue weighted by molar-refractivity contribution is -0.126. The smallest absolute Gasteiger partial charge is 0.253 e. The van der Waals surface area contributed by atoms with Crippen molar-refractivity contribution >= 4 is 11.6 Å². The van der Waals surface area contributed by atoms with Gasteiger partial charge in [0.25, 0.3) is 5.91 Å². The number of carbonyl (C=O) groups is 1. The Kier molecular flexibility index (Phi) is 4.85. The van der Waals surface area contributed by atoms with Crippen LogP contribution in [-0.2, 0) is 9.53 Å². The van der Waals surface area contributed by atoms with Crippen molar-refractivity contribution < 1.29 is 14.3 Å². The highest BCUT2D eigenvalue weighted by Crippen LogP contribution is 2.28. The molecule has 1 aliphatic rings. The van der Waals surface area contributed by atoms with E-state index in [1.54, 1.807) is 0 Å². The molecule has 3 N–H and O–H groups in total. The van der Waals surface area contributed by atoms with Crippen LogP contribution in [0.25, 0.3) is 0 Å². The zero-order chi connectivity index (χ0) is 15.5. The number of ether oxygens (including phenoxy) is 2. The Hall–Kier alpha value is -1.59. The molecule has 2 atom stereocenters. The van der Waals surface area contributed by atoms with Crippen LogP contribution in [0.15, 0.2) is 24.3 Å². The summed E-state index contributed by atoms with van der Waals surface area (Å²) in [6, 6.07) is 7.42. The van der Waals surface area contributed by atoms with Crippen LogP contribution < -0.4 is 15.8 Å². The van der Waals surface area contributed by atoms with Gasteiger partial charge in [-0.1, -0.05) is 12.1 Å². The minimum atomic E-state index is -0.429. The number of amides is 1. The summed E-state index contributed by atoms with van der Waals surface area (Å²) < 4.78 is 11.5. The highest BCUT2D eigenvalue weighted by Gasteiger charge is 2.30. The van der Waals surface area contributed by atoms with Crippen LogP contribution in [0.4, 0.5) is 5.69 Å². The van der Waals surface area contributed by atoms with E-state index in [1.165, 1.54) is 0 Å². The number of hydrogen-bond acceptors (Lipinski definition) is 4.